The largest absolute Gasteiger partial charge is 0.344 e. The number of Topliss-reactive ketones (excluding diaryl/α,β-unsaturated/α-hetero) is 1. The van der Waals surface area contributed by atoms with Crippen molar-refractivity contribution >= 4 is 37.2 Å². The van der Waals surface area contributed by atoms with Crippen molar-refractivity contribution in [2.45, 2.75) is 32.9 Å². The molecule has 0 unspecified atom stereocenters. The molecule has 0 aromatic carbocycles. The van der Waals surface area contributed by atoms with Crippen molar-refractivity contribution < 1.29 is 13.2 Å². The normalized spacial score (nSPS) is 19.0. The maximum Gasteiger partial charge on any atom is 0.262 e. The minimum absolute atomic E-state index is 0.0924. The summed E-state index contributed by atoms with van der Waals surface area (Å²) >= 11 is 1.39. The summed E-state index contributed by atoms with van der Waals surface area (Å²) in [6, 6.07) is 3.36. The molecule has 0 amide bonds. The molecule has 1 atom stereocenters. The summed E-state index contributed by atoms with van der Waals surface area (Å²) in [7, 11) is -3.02. The molecule has 9 heteroatoms. The van der Waals surface area contributed by atoms with E-state index in [9.17, 15) is 18.0 Å². The van der Waals surface area contributed by atoms with Crippen molar-refractivity contribution in [3.63, 3.8) is 0 Å². The number of carbonyl (C=O) groups excluding carboxylic acids is 1. The van der Waals surface area contributed by atoms with Gasteiger partial charge in [-0.15, -0.1) is 11.3 Å². The van der Waals surface area contributed by atoms with E-state index in [0.29, 0.717) is 22.2 Å². The number of hydrogen-bond acceptors (Lipinski definition) is 6. The van der Waals surface area contributed by atoms with E-state index in [4.69, 9.17) is 0 Å². The Hall–Kier alpha value is -2.26. The Bertz CT molecular complexity index is 1220. The molecule has 3 aromatic heterocycles. The SMILES string of the molecule is Cc1cc(C(=O)Cn2cnc3sccc3c2=O)c(C)n1[C@@H]1CCS(=O)(=O)C1. The third-order valence-corrected chi connectivity index (χ3v) is 7.69. The highest BCUT2D eigenvalue weighted by molar-refractivity contribution is 7.91. The lowest BCUT2D eigenvalue weighted by molar-refractivity contribution is 0.0970. The molecule has 0 bridgehead atoms. The van der Waals surface area contributed by atoms with Crippen LogP contribution in [0.3, 0.4) is 0 Å². The Morgan fingerprint density at radius 2 is 2.15 bits per heavy atom. The van der Waals surface area contributed by atoms with E-state index in [0.717, 1.165) is 11.4 Å². The Labute approximate surface area is 160 Å². The van der Waals surface area contributed by atoms with Crippen LogP contribution in [0, 0.1) is 13.8 Å². The van der Waals surface area contributed by atoms with Crippen LogP contribution in [0.25, 0.3) is 10.2 Å². The molecule has 7 nitrogen and oxygen atoms in total. The van der Waals surface area contributed by atoms with E-state index in [2.05, 4.69) is 4.98 Å². The van der Waals surface area contributed by atoms with Crippen LogP contribution < -0.4 is 5.56 Å². The summed E-state index contributed by atoms with van der Waals surface area (Å²) < 4.78 is 26.9. The van der Waals surface area contributed by atoms with E-state index in [1.165, 1.54) is 22.2 Å². The van der Waals surface area contributed by atoms with Crippen LogP contribution in [0.1, 0.15) is 34.2 Å². The minimum Gasteiger partial charge on any atom is -0.344 e. The second-order valence-electron chi connectivity index (χ2n) is 6.95. The first-order chi connectivity index (χ1) is 12.8. The van der Waals surface area contributed by atoms with Gasteiger partial charge in [-0.1, -0.05) is 0 Å². The second kappa shape index (κ2) is 6.42. The number of rotatable bonds is 4. The Balaban J connectivity index is 1.65. The molecule has 142 valence electrons. The van der Waals surface area contributed by atoms with Crippen LogP contribution in [0.5, 0.6) is 0 Å². The van der Waals surface area contributed by atoms with Gasteiger partial charge in [0, 0.05) is 23.0 Å². The highest BCUT2D eigenvalue weighted by Crippen LogP contribution is 2.29. The summed E-state index contributed by atoms with van der Waals surface area (Å²) in [6.07, 6.45) is 1.96. The van der Waals surface area contributed by atoms with Gasteiger partial charge in [0.15, 0.2) is 15.6 Å². The lowest BCUT2D eigenvalue weighted by Crippen LogP contribution is -2.24. The summed E-state index contributed by atoms with van der Waals surface area (Å²) in [5, 5.41) is 2.31. The predicted octanol–water partition coefficient (Wildman–Crippen LogP) is 2.12. The Morgan fingerprint density at radius 1 is 1.37 bits per heavy atom. The molecular weight excluding hydrogens is 386 g/mol. The van der Waals surface area contributed by atoms with Gasteiger partial charge in [0.2, 0.25) is 0 Å². The smallest absolute Gasteiger partial charge is 0.262 e. The monoisotopic (exact) mass is 405 g/mol. The van der Waals surface area contributed by atoms with Crippen LogP contribution in [-0.4, -0.2) is 39.8 Å². The van der Waals surface area contributed by atoms with E-state index < -0.39 is 9.84 Å². The first-order valence-electron chi connectivity index (χ1n) is 8.61. The number of aryl methyl sites for hydroxylation is 1. The molecule has 0 aliphatic carbocycles. The number of aromatic nitrogens is 3. The first kappa shape index (κ1) is 18.1. The quantitative estimate of drug-likeness (QED) is 0.620. The van der Waals surface area contributed by atoms with Gasteiger partial charge in [0.25, 0.3) is 5.56 Å². The average molecular weight is 406 g/mol. The fraction of sp³-hybridized carbons (Fsp3) is 0.389. The zero-order chi connectivity index (χ0) is 19.3. The van der Waals surface area contributed by atoms with Gasteiger partial charge in [-0.2, -0.15) is 0 Å². The summed E-state index contributed by atoms with van der Waals surface area (Å²) in [5.41, 5.74) is 1.90. The van der Waals surface area contributed by atoms with Gasteiger partial charge in [0.1, 0.15) is 4.83 Å². The van der Waals surface area contributed by atoms with Gasteiger partial charge in [-0.05, 0) is 37.8 Å². The lowest BCUT2D eigenvalue weighted by Gasteiger charge is -2.16. The minimum atomic E-state index is -3.02. The van der Waals surface area contributed by atoms with Crippen LogP contribution in [0.4, 0.5) is 0 Å². The van der Waals surface area contributed by atoms with E-state index >= 15 is 0 Å². The van der Waals surface area contributed by atoms with Gasteiger partial charge >= 0.3 is 0 Å². The van der Waals surface area contributed by atoms with E-state index in [1.54, 1.807) is 17.5 Å². The third kappa shape index (κ3) is 3.14. The van der Waals surface area contributed by atoms with Gasteiger partial charge in [-0.3, -0.25) is 14.2 Å². The van der Waals surface area contributed by atoms with Crippen molar-refractivity contribution in [2.24, 2.45) is 0 Å². The average Bonchev–Trinajstić information content (AvgIpc) is 3.28. The number of carbonyl (C=O) groups is 1. The standard InChI is InChI=1S/C18H19N3O4S2/c1-11-7-15(12(2)21(11)13-4-6-27(24,25)9-13)16(22)8-20-10-19-17-14(18(20)23)3-5-26-17/h3,5,7,10,13H,4,6,8-9H2,1-2H3/t13-/m1/s1. The molecule has 4 heterocycles. The van der Waals surface area contributed by atoms with Gasteiger partial charge < -0.3 is 4.57 Å². The molecule has 1 aliphatic rings. The molecule has 27 heavy (non-hydrogen) atoms. The molecule has 0 radical (unpaired) electrons. The number of thiophene rings is 1. The maximum absolute atomic E-state index is 12.9. The van der Waals surface area contributed by atoms with Gasteiger partial charge in [-0.25, -0.2) is 13.4 Å². The predicted molar refractivity (Wildman–Crippen MR) is 104 cm³/mol. The molecule has 3 aromatic rings. The van der Waals surface area contributed by atoms with Crippen molar-refractivity contribution in [3.8, 4) is 0 Å². The van der Waals surface area contributed by atoms with E-state index in [-0.39, 0.29) is 35.4 Å². The molecule has 1 aliphatic heterocycles. The first-order valence-corrected chi connectivity index (χ1v) is 11.3. The molecule has 1 fully saturated rings. The fourth-order valence-electron chi connectivity index (χ4n) is 3.85. The molecular formula is C18H19N3O4S2. The highest BCUT2D eigenvalue weighted by Gasteiger charge is 2.31. The lowest BCUT2D eigenvalue weighted by atomic mass is 10.1. The summed E-state index contributed by atoms with van der Waals surface area (Å²) in [5.74, 6) is 0.100. The summed E-state index contributed by atoms with van der Waals surface area (Å²) in [4.78, 5) is 30.2. The Kier molecular flexibility index (Phi) is 4.31. The van der Waals surface area contributed by atoms with Crippen molar-refractivity contribution in [1.82, 2.24) is 14.1 Å². The van der Waals surface area contributed by atoms with Crippen LogP contribution in [-0.2, 0) is 16.4 Å². The Morgan fingerprint density at radius 3 is 2.85 bits per heavy atom. The maximum atomic E-state index is 12.9. The number of sulfone groups is 1. The van der Waals surface area contributed by atoms with Crippen molar-refractivity contribution in [3.05, 3.63) is 51.1 Å². The van der Waals surface area contributed by atoms with Crippen molar-refractivity contribution in [1.29, 1.82) is 0 Å². The third-order valence-electron chi connectivity index (χ3n) is 5.12. The molecule has 1 saturated heterocycles. The van der Waals surface area contributed by atoms with Crippen LogP contribution in [0.2, 0.25) is 0 Å². The zero-order valence-corrected chi connectivity index (χ0v) is 16.6. The molecule has 4 rings (SSSR count). The highest BCUT2D eigenvalue weighted by atomic mass is 32.2. The van der Waals surface area contributed by atoms with Crippen molar-refractivity contribution in [2.75, 3.05) is 11.5 Å². The molecule has 0 saturated carbocycles. The number of nitrogens with zero attached hydrogens (tertiary/aromatic N) is 3. The van der Waals surface area contributed by atoms with Crippen LogP contribution in [0.15, 0.2) is 28.6 Å². The fourth-order valence-corrected chi connectivity index (χ4v) is 6.27. The number of fused-ring (bicyclic) bond motifs is 1. The van der Waals surface area contributed by atoms with Gasteiger partial charge in [0.05, 0.1) is 29.8 Å². The van der Waals surface area contributed by atoms with E-state index in [1.807, 2.05) is 18.4 Å². The van der Waals surface area contributed by atoms with Crippen LogP contribution >= 0.6 is 11.3 Å². The topological polar surface area (TPSA) is 91.0 Å². The second-order valence-corrected chi connectivity index (χ2v) is 10.1. The number of hydrogen-bond donors (Lipinski definition) is 0. The molecule has 0 spiro atoms. The summed E-state index contributed by atoms with van der Waals surface area (Å²) in [6.45, 7) is 3.61. The number of ketones is 1. The zero-order valence-electron chi connectivity index (χ0n) is 15.0. The molecule has 0 N–H and O–H groups in total.